The molecule has 1 unspecified atom stereocenters. The van der Waals surface area contributed by atoms with Crippen LogP contribution in [0.5, 0.6) is 5.75 Å². The number of halogens is 1. The lowest BCUT2D eigenvalue weighted by Gasteiger charge is -2.22. The number of benzene rings is 1. The lowest BCUT2D eigenvalue weighted by Crippen LogP contribution is -2.35. The van der Waals surface area contributed by atoms with Gasteiger partial charge in [-0.3, -0.25) is 4.79 Å². The Morgan fingerprint density at radius 3 is 2.95 bits per heavy atom. The van der Waals surface area contributed by atoms with Gasteiger partial charge in [-0.1, -0.05) is 12.1 Å². The van der Waals surface area contributed by atoms with Gasteiger partial charge >= 0.3 is 0 Å². The first-order valence-electron chi connectivity index (χ1n) is 6.87. The molecule has 0 saturated carbocycles. The molecule has 1 N–H and O–H groups in total. The summed E-state index contributed by atoms with van der Waals surface area (Å²) < 4.78 is 5.23. The molecule has 1 spiro atoms. The standard InChI is InChI=1S/C15H20N2O2.ClH/c1-19-13-4-2-3-12(9-13)10-17-8-6-15(14(17)18)5-7-16-11-15;/h2-4,9,16H,5-8,10-11H2,1H3;1H. The van der Waals surface area contributed by atoms with Crippen molar-refractivity contribution in [2.24, 2.45) is 5.41 Å². The van der Waals surface area contributed by atoms with Gasteiger partial charge in [0.15, 0.2) is 0 Å². The number of nitrogens with zero attached hydrogens (tertiary/aromatic N) is 1. The third kappa shape index (κ3) is 2.63. The van der Waals surface area contributed by atoms with E-state index in [1.54, 1.807) is 7.11 Å². The molecular formula is C15H21ClN2O2. The van der Waals surface area contributed by atoms with E-state index in [0.29, 0.717) is 12.5 Å². The predicted molar refractivity (Wildman–Crippen MR) is 80.2 cm³/mol. The SMILES string of the molecule is COc1cccc(CN2CCC3(CCNC3)C2=O)c1.Cl. The first kappa shape index (κ1) is 15.1. The summed E-state index contributed by atoms with van der Waals surface area (Å²) in [6.07, 6.45) is 1.98. The minimum absolute atomic E-state index is 0. The van der Waals surface area contributed by atoms with Gasteiger partial charge in [-0.05, 0) is 37.1 Å². The minimum Gasteiger partial charge on any atom is -0.497 e. The Balaban J connectivity index is 0.00000147. The van der Waals surface area contributed by atoms with Gasteiger partial charge in [0.2, 0.25) is 5.91 Å². The third-order valence-electron chi connectivity index (χ3n) is 4.35. The van der Waals surface area contributed by atoms with Gasteiger partial charge in [0.05, 0.1) is 12.5 Å². The van der Waals surface area contributed by atoms with Gasteiger partial charge < -0.3 is 15.0 Å². The molecule has 1 aromatic carbocycles. The minimum atomic E-state index is -0.112. The van der Waals surface area contributed by atoms with Gasteiger partial charge in [-0.15, -0.1) is 12.4 Å². The maximum Gasteiger partial charge on any atom is 0.230 e. The first-order valence-corrected chi connectivity index (χ1v) is 6.87. The number of hydrogen-bond acceptors (Lipinski definition) is 3. The summed E-state index contributed by atoms with van der Waals surface area (Å²) in [6, 6.07) is 7.96. The molecule has 2 fully saturated rings. The Labute approximate surface area is 125 Å². The second kappa shape index (κ2) is 6.02. The summed E-state index contributed by atoms with van der Waals surface area (Å²) in [6.45, 7) is 3.38. The van der Waals surface area contributed by atoms with Crippen LogP contribution >= 0.6 is 12.4 Å². The smallest absolute Gasteiger partial charge is 0.230 e. The lowest BCUT2D eigenvalue weighted by atomic mass is 9.86. The predicted octanol–water partition coefficient (Wildman–Crippen LogP) is 1.83. The third-order valence-corrected chi connectivity index (χ3v) is 4.35. The number of carbonyl (C=O) groups is 1. The monoisotopic (exact) mass is 296 g/mol. The highest BCUT2D eigenvalue weighted by atomic mass is 35.5. The number of carbonyl (C=O) groups excluding carboxylic acids is 1. The summed E-state index contributed by atoms with van der Waals surface area (Å²) in [5.41, 5.74) is 1.02. The van der Waals surface area contributed by atoms with Crippen molar-refractivity contribution in [3.8, 4) is 5.75 Å². The Bertz CT molecular complexity index is 487. The van der Waals surface area contributed by atoms with E-state index in [9.17, 15) is 4.79 Å². The van der Waals surface area contributed by atoms with Gasteiger partial charge in [0.1, 0.15) is 5.75 Å². The van der Waals surface area contributed by atoms with E-state index in [0.717, 1.165) is 43.8 Å². The largest absolute Gasteiger partial charge is 0.497 e. The molecule has 3 rings (SSSR count). The Hall–Kier alpha value is -1.26. The molecule has 110 valence electrons. The van der Waals surface area contributed by atoms with Crippen molar-refractivity contribution < 1.29 is 9.53 Å². The molecule has 0 radical (unpaired) electrons. The van der Waals surface area contributed by atoms with Crippen LogP contribution in [0.4, 0.5) is 0 Å². The van der Waals surface area contributed by atoms with Crippen LogP contribution in [0.2, 0.25) is 0 Å². The van der Waals surface area contributed by atoms with Crippen molar-refractivity contribution in [2.45, 2.75) is 19.4 Å². The number of methoxy groups -OCH3 is 1. The summed E-state index contributed by atoms with van der Waals surface area (Å²) in [4.78, 5) is 14.5. The van der Waals surface area contributed by atoms with E-state index in [-0.39, 0.29) is 17.8 Å². The molecule has 20 heavy (non-hydrogen) atoms. The molecule has 1 amide bonds. The van der Waals surface area contributed by atoms with Gasteiger partial charge in [-0.25, -0.2) is 0 Å². The Morgan fingerprint density at radius 1 is 1.40 bits per heavy atom. The Kier molecular flexibility index (Phi) is 4.55. The van der Waals surface area contributed by atoms with Crippen LogP contribution in [-0.2, 0) is 11.3 Å². The van der Waals surface area contributed by atoms with Crippen LogP contribution in [0.15, 0.2) is 24.3 Å². The summed E-state index contributed by atoms with van der Waals surface area (Å²) in [5, 5.41) is 3.32. The highest BCUT2D eigenvalue weighted by Gasteiger charge is 2.47. The normalized spacial score (nSPS) is 25.1. The molecule has 2 saturated heterocycles. The fourth-order valence-electron chi connectivity index (χ4n) is 3.17. The van der Waals surface area contributed by atoms with Crippen LogP contribution in [0, 0.1) is 5.41 Å². The van der Waals surface area contributed by atoms with Crippen LogP contribution in [0.1, 0.15) is 18.4 Å². The highest BCUT2D eigenvalue weighted by molar-refractivity contribution is 5.85. The molecule has 5 heteroatoms. The van der Waals surface area contributed by atoms with Crippen LogP contribution in [0.25, 0.3) is 0 Å². The van der Waals surface area contributed by atoms with Crippen molar-refractivity contribution in [3.05, 3.63) is 29.8 Å². The van der Waals surface area contributed by atoms with E-state index >= 15 is 0 Å². The summed E-state index contributed by atoms with van der Waals surface area (Å²) in [7, 11) is 1.67. The van der Waals surface area contributed by atoms with Crippen molar-refractivity contribution in [2.75, 3.05) is 26.7 Å². The zero-order chi connectivity index (χ0) is 13.3. The van der Waals surface area contributed by atoms with E-state index in [2.05, 4.69) is 5.32 Å². The summed E-state index contributed by atoms with van der Waals surface area (Å²) in [5.74, 6) is 1.17. The average Bonchev–Trinajstić information content (AvgIpc) is 3.03. The van der Waals surface area contributed by atoms with Gasteiger partial charge in [-0.2, -0.15) is 0 Å². The zero-order valence-corrected chi connectivity index (χ0v) is 12.5. The van der Waals surface area contributed by atoms with Crippen LogP contribution < -0.4 is 10.1 Å². The number of likely N-dealkylation sites (tertiary alicyclic amines) is 1. The second-order valence-electron chi connectivity index (χ2n) is 5.54. The molecule has 2 aliphatic rings. The molecule has 2 aliphatic heterocycles. The maximum atomic E-state index is 12.5. The molecular weight excluding hydrogens is 276 g/mol. The van der Waals surface area contributed by atoms with Crippen molar-refractivity contribution >= 4 is 18.3 Å². The number of rotatable bonds is 3. The van der Waals surface area contributed by atoms with Crippen molar-refractivity contribution in [1.82, 2.24) is 10.2 Å². The molecule has 2 heterocycles. The second-order valence-corrected chi connectivity index (χ2v) is 5.54. The average molecular weight is 297 g/mol. The maximum absolute atomic E-state index is 12.5. The van der Waals surface area contributed by atoms with Crippen molar-refractivity contribution in [1.29, 1.82) is 0 Å². The van der Waals surface area contributed by atoms with Crippen molar-refractivity contribution in [3.63, 3.8) is 0 Å². The van der Waals surface area contributed by atoms with Crippen LogP contribution in [-0.4, -0.2) is 37.6 Å². The molecule has 0 aromatic heterocycles. The van der Waals surface area contributed by atoms with Gasteiger partial charge in [0, 0.05) is 19.6 Å². The number of hydrogen-bond donors (Lipinski definition) is 1. The topological polar surface area (TPSA) is 41.6 Å². The molecule has 0 aliphatic carbocycles. The summed E-state index contributed by atoms with van der Waals surface area (Å²) >= 11 is 0. The number of amides is 1. The van der Waals surface area contributed by atoms with E-state index in [1.807, 2.05) is 29.2 Å². The zero-order valence-electron chi connectivity index (χ0n) is 11.7. The van der Waals surface area contributed by atoms with E-state index in [1.165, 1.54) is 0 Å². The van der Waals surface area contributed by atoms with E-state index < -0.39 is 0 Å². The molecule has 1 aromatic rings. The fraction of sp³-hybridized carbons (Fsp3) is 0.533. The van der Waals surface area contributed by atoms with E-state index in [4.69, 9.17) is 4.74 Å². The fourth-order valence-corrected chi connectivity index (χ4v) is 3.17. The highest BCUT2D eigenvalue weighted by Crippen LogP contribution is 2.38. The first-order chi connectivity index (χ1) is 9.23. The molecule has 0 bridgehead atoms. The number of nitrogens with one attached hydrogen (secondary N) is 1. The van der Waals surface area contributed by atoms with Gasteiger partial charge in [0.25, 0.3) is 0 Å². The Morgan fingerprint density at radius 2 is 2.25 bits per heavy atom. The lowest BCUT2D eigenvalue weighted by molar-refractivity contribution is -0.135. The molecule has 1 atom stereocenters. The molecule has 4 nitrogen and oxygen atoms in total. The quantitative estimate of drug-likeness (QED) is 0.925. The van der Waals surface area contributed by atoms with Crippen LogP contribution in [0.3, 0.4) is 0 Å². The number of ether oxygens (including phenoxy) is 1.